The van der Waals surface area contributed by atoms with E-state index in [-0.39, 0.29) is 29.7 Å². The molecule has 1 rings (SSSR count). The van der Waals surface area contributed by atoms with Crippen LogP contribution in [0.4, 0.5) is 5.69 Å². The fourth-order valence-corrected chi connectivity index (χ4v) is 1.92. The van der Waals surface area contributed by atoms with E-state index in [1.807, 2.05) is 0 Å². The van der Waals surface area contributed by atoms with Gasteiger partial charge in [0.05, 0.1) is 16.6 Å². The Morgan fingerprint density at radius 3 is 2.64 bits per heavy atom. The van der Waals surface area contributed by atoms with E-state index in [2.05, 4.69) is 10.0 Å². The lowest BCUT2D eigenvalue weighted by Crippen LogP contribution is -2.20. The smallest absolute Gasteiger partial charge is 0.336 e. The Bertz CT molecular complexity index is 605. The second kappa shape index (κ2) is 7.36. The van der Waals surface area contributed by atoms with Crippen molar-refractivity contribution < 1.29 is 25.0 Å². The summed E-state index contributed by atoms with van der Waals surface area (Å²) in [4.78, 5) is 23.8. The van der Waals surface area contributed by atoms with Gasteiger partial charge in [0, 0.05) is 23.1 Å². The Labute approximate surface area is 124 Å². The summed E-state index contributed by atoms with van der Waals surface area (Å²) in [6.07, 6.45) is -2.96. The molecule has 0 aliphatic carbocycles. The molecule has 0 saturated heterocycles. The summed E-state index contributed by atoms with van der Waals surface area (Å²) in [5.41, 5.74) is 7.21. The largest absolute Gasteiger partial charge is 0.478 e. The number of aliphatic hydroxyl groups excluding tert-OH is 2. The normalized spacial score (nSPS) is 13.0. The lowest BCUT2D eigenvalue weighted by atomic mass is 9.96. The van der Waals surface area contributed by atoms with Crippen LogP contribution in [0.1, 0.15) is 34.0 Å². The topological polar surface area (TPSA) is 170 Å². The van der Waals surface area contributed by atoms with Crippen molar-refractivity contribution in [1.82, 2.24) is 0 Å². The summed E-state index contributed by atoms with van der Waals surface area (Å²) in [6.45, 7) is 1.21. The number of hydrogen-bond acceptors (Lipinski definition) is 6. The molecule has 0 radical (unpaired) electrons. The average molecular weight is 310 g/mol. The molecule has 10 nitrogen and oxygen atoms in total. The molecule has 1 aromatic carbocycles. The van der Waals surface area contributed by atoms with Crippen LogP contribution in [-0.2, 0) is 0 Å². The molecule has 2 unspecified atom stereocenters. The quantitative estimate of drug-likeness (QED) is 0.227. The fourth-order valence-electron chi connectivity index (χ4n) is 1.92. The molecule has 0 aromatic heterocycles. The summed E-state index contributed by atoms with van der Waals surface area (Å²) >= 11 is 0. The van der Waals surface area contributed by atoms with Gasteiger partial charge < -0.3 is 15.3 Å². The van der Waals surface area contributed by atoms with E-state index in [9.17, 15) is 25.1 Å². The second-order valence-corrected chi connectivity index (χ2v) is 4.53. The summed E-state index contributed by atoms with van der Waals surface area (Å²) in [5, 5.41) is 43.0. The zero-order valence-electron chi connectivity index (χ0n) is 11.6. The Morgan fingerprint density at radius 1 is 1.50 bits per heavy atom. The molecule has 1 aromatic rings. The van der Waals surface area contributed by atoms with Gasteiger partial charge in [-0.3, -0.25) is 10.1 Å². The van der Waals surface area contributed by atoms with Gasteiger partial charge in [-0.15, -0.1) is 0 Å². The Hall–Kier alpha value is -2.68. The van der Waals surface area contributed by atoms with Crippen LogP contribution >= 0.6 is 0 Å². The van der Waals surface area contributed by atoms with Crippen molar-refractivity contribution in [1.29, 1.82) is 0 Å². The number of aromatic carboxylic acids is 1. The van der Waals surface area contributed by atoms with Crippen LogP contribution in [0.2, 0.25) is 0 Å². The van der Waals surface area contributed by atoms with Crippen LogP contribution in [0.3, 0.4) is 0 Å². The van der Waals surface area contributed by atoms with E-state index in [1.165, 1.54) is 6.92 Å². The number of carboxylic acids is 1. The molecule has 2 atom stereocenters. The molecular weight excluding hydrogens is 296 g/mol. The van der Waals surface area contributed by atoms with E-state index in [1.54, 1.807) is 0 Å². The number of aliphatic hydroxyl groups is 2. The van der Waals surface area contributed by atoms with E-state index < -0.39 is 28.8 Å². The summed E-state index contributed by atoms with van der Waals surface area (Å²) in [6, 6.07) is 2.09. The van der Waals surface area contributed by atoms with Crippen LogP contribution in [0.5, 0.6) is 0 Å². The zero-order chi connectivity index (χ0) is 16.9. The number of carbonyl (C=O) groups is 1. The number of rotatable bonds is 7. The molecule has 0 amide bonds. The van der Waals surface area contributed by atoms with Gasteiger partial charge in [0.15, 0.2) is 0 Å². The SMILES string of the molecule is Cc1c(C(=O)O)cc(C(O)C(O)CCN=[N+]=[N-])cc1[N+](=O)[O-]. The van der Waals surface area contributed by atoms with Gasteiger partial charge in [-0.05, 0) is 30.5 Å². The zero-order valence-corrected chi connectivity index (χ0v) is 11.6. The summed E-state index contributed by atoms with van der Waals surface area (Å²) in [5.74, 6) is -1.38. The highest BCUT2D eigenvalue weighted by atomic mass is 16.6. The van der Waals surface area contributed by atoms with E-state index in [4.69, 9.17) is 10.6 Å². The molecule has 0 saturated carbocycles. The lowest BCUT2D eigenvalue weighted by molar-refractivity contribution is -0.385. The summed E-state index contributed by atoms with van der Waals surface area (Å²) in [7, 11) is 0. The third-order valence-electron chi connectivity index (χ3n) is 3.12. The van der Waals surface area contributed by atoms with Gasteiger partial charge in [-0.1, -0.05) is 5.11 Å². The maximum absolute atomic E-state index is 11.1. The molecule has 0 spiro atoms. The molecule has 0 bridgehead atoms. The molecule has 118 valence electrons. The van der Waals surface area contributed by atoms with Gasteiger partial charge in [0.25, 0.3) is 5.69 Å². The van der Waals surface area contributed by atoms with Crippen molar-refractivity contribution in [3.05, 3.63) is 49.4 Å². The lowest BCUT2D eigenvalue weighted by Gasteiger charge is -2.18. The van der Waals surface area contributed by atoms with Gasteiger partial charge in [-0.25, -0.2) is 4.79 Å². The maximum Gasteiger partial charge on any atom is 0.336 e. The van der Waals surface area contributed by atoms with Crippen molar-refractivity contribution in [3.63, 3.8) is 0 Å². The number of azide groups is 1. The van der Waals surface area contributed by atoms with Crippen molar-refractivity contribution >= 4 is 11.7 Å². The first-order valence-corrected chi connectivity index (χ1v) is 6.18. The molecule has 22 heavy (non-hydrogen) atoms. The second-order valence-electron chi connectivity index (χ2n) is 4.53. The fraction of sp³-hybridized carbons (Fsp3) is 0.417. The third kappa shape index (κ3) is 3.92. The number of benzene rings is 1. The first kappa shape index (κ1) is 17.4. The van der Waals surface area contributed by atoms with Crippen LogP contribution in [0.25, 0.3) is 10.4 Å². The van der Waals surface area contributed by atoms with Gasteiger partial charge in [0.1, 0.15) is 6.10 Å². The minimum atomic E-state index is -1.54. The number of hydrogen-bond donors (Lipinski definition) is 3. The van der Waals surface area contributed by atoms with E-state index in [0.29, 0.717) is 0 Å². The molecule has 0 heterocycles. The van der Waals surface area contributed by atoms with Crippen LogP contribution in [-0.4, -0.2) is 38.9 Å². The predicted molar refractivity (Wildman–Crippen MR) is 74.4 cm³/mol. The Morgan fingerprint density at radius 2 is 2.14 bits per heavy atom. The Balaban J connectivity index is 3.20. The van der Waals surface area contributed by atoms with Crippen molar-refractivity contribution in [2.24, 2.45) is 5.11 Å². The van der Waals surface area contributed by atoms with Gasteiger partial charge in [0.2, 0.25) is 0 Å². The molecule has 3 N–H and O–H groups in total. The number of carboxylic acid groups (broad SMARTS) is 1. The summed E-state index contributed by atoms with van der Waals surface area (Å²) < 4.78 is 0. The third-order valence-corrected chi connectivity index (χ3v) is 3.12. The van der Waals surface area contributed by atoms with E-state index >= 15 is 0 Å². The number of nitro groups is 1. The molecule has 0 aliphatic heterocycles. The average Bonchev–Trinajstić information content (AvgIpc) is 2.46. The molecule has 0 aliphatic rings. The van der Waals surface area contributed by atoms with E-state index in [0.717, 1.165) is 12.1 Å². The highest BCUT2D eigenvalue weighted by Crippen LogP contribution is 2.29. The first-order chi connectivity index (χ1) is 10.3. The van der Waals surface area contributed by atoms with Crippen LogP contribution < -0.4 is 0 Å². The highest BCUT2D eigenvalue weighted by Gasteiger charge is 2.25. The minimum Gasteiger partial charge on any atom is -0.478 e. The number of nitrogens with zero attached hydrogens (tertiary/aromatic N) is 4. The monoisotopic (exact) mass is 310 g/mol. The van der Waals surface area contributed by atoms with Crippen molar-refractivity contribution in [3.8, 4) is 0 Å². The van der Waals surface area contributed by atoms with Crippen molar-refractivity contribution in [2.45, 2.75) is 25.6 Å². The first-order valence-electron chi connectivity index (χ1n) is 6.18. The molecule has 0 fully saturated rings. The predicted octanol–water partition coefficient (Wildman–Crippen LogP) is 1.70. The van der Waals surface area contributed by atoms with Gasteiger partial charge >= 0.3 is 5.97 Å². The highest BCUT2D eigenvalue weighted by molar-refractivity contribution is 5.91. The van der Waals surface area contributed by atoms with Crippen LogP contribution in [0, 0.1) is 17.0 Å². The Kier molecular flexibility index (Phi) is 5.81. The minimum absolute atomic E-state index is 0.0444. The van der Waals surface area contributed by atoms with Gasteiger partial charge in [-0.2, -0.15) is 0 Å². The molecule has 10 heteroatoms. The molecular formula is C12H14N4O6. The standard InChI is InChI=1S/C12H14N4O6/c1-6-8(12(19)20)4-7(5-9(6)16(21)22)11(18)10(17)2-3-14-15-13/h4-5,10-11,17-18H,2-3H2,1H3,(H,19,20). The van der Waals surface area contributed by atoms with Crippen molar-refractivity contribution in [2.75, 3.05) is 6.54 Å². The number of nitro benzene ring substituents is 1. The maximum atomic E-state index is 11.1. The van der Waals surface area contributed by atoms with Crippen LogP contribution in [0.15, 0.2) is 17.2 Å².